The zero-order valence-electron chi connectivity index (χ0n) is 16.2. The Bertz CT molecular complexity index is 951. The number of ether oxygens (including phenoxy) is 2. The standard InChI is InChI=1S/C20H17F4NO5/c1-20(2)12(6-9(7-25)18(27)29-3)13(20)19(28)30-8-11-16(23)14(21)10(4-5-26)15(22)17(11)24/h5-6,12-13H,4,8H2,1-3H3. The Morgan fingerprint density at radius 2 is 1.63 bits per heavy atom. The molecule has 0 amide bonds. The first-order valence-corrected chi connectivity index (χ1v) is 8.67. The molecule has 30 heavy (non-hydrogen) atoms. The number of hydrogen-bond donors (Lipinski definition) is 0. The molecule has 0 bridgehead atoms. The van der Waals surface area contributed by atoms with Gasteiger partial charge in [-0.15, -0.1) is 0 Å². The number of halogens is 4. The lowest BCUT2D eigenvalue weighted by molar-refractivity contribution is -0.147. The maximum atomic E-state index is 14.1. The molecule has 0 aliphatic heterocycles. The number of aldehydes is 1. The van der Waals surface area contributed by atoms with Crippen molar-refractivity contribution in [2.45, 2.75) is 26.9 Å². The second-order valence-corrected chi connectivity index (χ2v) is 7.20. The van der Waals surface area contributed by atoms with Crippen molar-refractivity contribution in [3.05, 3.63) is 46.0 Å². The van der Waals surface area contributed by atoms with Crippen LogP contribution in [-0.2, 0) is 36.9 Å². The van der Waals surface area contributed by atoms with Gasteiger partial charge < -0.3 is 14.3 Å². The Kier molecular flexibility index (Phi) is 6.65. The maximum absolute atomic E-state index is 14.1. The summed E-state index contributed by atoms with van der Waals surface area (Å²) in [4.78, 5) is 34.3. The van der Waals surface area contributed by atoms with E-state index >= 15 is 0 Å². The summed E-state index contributed by atoms with van der Waals surface area (Å²) in [5.74, 6) is -10.3. The Hall–Kier alpha value is -3.22. The molecule has 160 valence electrons. The lowest BCUT2D eigenvalue weighted by Crippen LogP contribution is -2.15. The highest BCUT2D eigenvalue weighted by Gasteiger charge is 2.61. The molecular formula is C20H17F4NO5. The fourth-order valence-electron chi connectivity index (χ4n) is 3.22. The molecule has 10 heteroatoms. The Morgan fingerprint density at radius 3 is 2.10 bits per heavy atom. The number of allylic oxidation sites excluding steroid dienone is 1. The quantitative estimate of drug-likeness (QED) is 0.166. The first-order valence-electron chi connectivity index (χ1n) is 8.67. The number of methoxy groups -OCH3 is 1. The molecule has 0 heterocycles. The summed E-state index contributed by atoms with van der Waals surface area (Å²) in [7, 11) is 1.08. The molecule has 2 unspecified atom stereocenters. The Morgan fingerprint density at radius 1 is 1.10 bits per heavy atom. The predicted molar refractivity (Wildman–Crippen MR) is 92.3 cm³/mol. The second kappa shape index (κ2) is 8.65. The fourth-order valence-corrected chi connectivity index (χ4v) is 3.22. The van der Waals surface area contributed by atoms with E-state index in [0.29, 0.717) is 0 Å². The summed E-state index contributed by atoms with van der Waals surface area (Å²) in [6, 6.07) is 1.65. The smallest absolute Gasteiger partial charge is 0.348 e. The average Bonchev–Trinajstić information content (AvgIpc) is 3.26. The van der Waals surface area contributed by atoms with Crippen LogP contribution < -0.4 is 0 Å². The van der Waals surface area contributed by atoms with Gasteiger partial charge in [0.15, 0.2) is 23.3 Å². The van der Waals surface area contributed by atoms with E-state index < -0.39 is 76.6 Å². The van der Waals surface area contributed by atoms with E-state index in [2.05, 4.69) is 4.74 Å². The predicted octanol–water partition coefficient (Wildman–Crippen LogP) is 2.92. The van der Waals surface area contributed by atoms with Crippen LogP contribution in [0.4, 0.5) is 17.6 Å². The monoisotopic (exact) mass is 427 g/mol. The summed E-state index contributed by atoms with van der Waals surface area (Å²) < 4.78 is 65.3. The van der Waals surface area contributed by atoms with Gasteiger partial charge in [0, 0.05) is 12.0 Å². The number of nitriles is 1. The van der Waals surface area contributed by atoms with E-state index in [-0.39, 0.29) is 11.9 Å². The molecule has 1 aromatic carbocycles. The minimum atomic E-state index is -1.76. The van der Waals surface area contributed by atoms with Crippen LogP contribution in [0.1, 0.15) is 25.0 Å². The fraction of sp³-hybridized carbons (Fsp3) is 0.400. The second-order valence-electron chi connectivity index (χ2n) is 7.20. The van der Waals surface area contributed by atoms with Gasteiger partial charge in [-0.1, -0.05) is 19.9 Å². The molecule has 0 aromatic heterocycles. The van der Waals surface area contributed by atoms with Gasteiger partial charge in [-0.2, -0.15) is 5.26 Å². The Balaban J connectivity index is 2.21. The maximum Gasteiger partial charge on any atom is 0.348 e. The van der Waals surface area contributed by atoms with E-state index in [1.54, 1.807) is 19.9 Å². The average molecular weight is 427 g/mol. The highest BCUT2D eigenvalue weighted by atomic mass is 19.2. The zero-order chi connectivity index (χ0) is 22.8. The molecular weight excluding hydrogens is 410 g/mol. The summed E-state index contributed by atoms with van der Waals surface area (Å²) in [5.41, 5.74) is -3.26. The SMILES string of the molecule is COC(=O)C(C#N)=CC1C(C(=O)OCc2c(F)c(F)c(CC=O)c(F)c2F)C1(C)C. The van der Waals surface area contributed by atoms with Crippen LogP contribution in [0.5, 0.6) is 0 Å². The largest absolute Gasteiger partial charge is 0.465 e. The van der Waals surface area contributed by atoms with Crippen LogP contribution in [0.25, 0.3) is 0 Å². The third-order valence-electron chi connectivity index (χ3n) is 5.13. The number of rotatable bonds is 7. The van der Waals surface area contributed by atoms with Crippen molar-refractivity contribution in [3.8, 4) is 6.07 Å². The van der Waals surface area contributed by atoms with E-state index in [9.17, 15) is 31.9 Å². The summed E-state index contributed by atoms with van der Waals surface area (Å²) in [6.07, 6.45) is 0.469. The van der Waals surface area contributed by atoms with Crippen LogP contribution in [-0.4, -0.2) is 25.3 Å². The molecule has 1 saturated carbocycles. The highest BCUT2D eigenvalue weighted by Crippen LogP contribution is 2.60. The van der Waals surface area contributed by atoms with Crippen molar-refractivity contribution in [3.63, 3.8) is 0 Å². The third kappa shape index (κ3) is 4.06. The van der Waals surface area contributed by atoms with Crippen molar-refractivity contribution in [1.82, 2.24) is 0 Å². The molecule has 0 saturated heterocycles. The zero-order valence-corrected chi connectivity index (χ0v) is 16.2. The molecule has 1 aliphatic carbocycles. The van der Waals surface area contributed by atoms with Crippen molar-refractivity contribution in [2.24, 2.45) is 17.3 Å². The Labute approximate surface area is 169 Å². The third-order valence-corrected chi connectivity index (χ3v) is 5.13. The van der Waals surface area contributed by atoms with Gasteiger partial charge in [-0.3, -0.25) is 4.79 Å². The molecule has 2 atom stereocenters. The number of benzene rings is 1. The minimum absolute atomic E-state index is 0.0900. The topological polar surface area (TPSA) is 93.5 Å². The summed E-state index contributed by atoms with van der Waals surface area (Å²) in [5, 5.41) is 9.01. The van der Waals surface area contributed by atoms with Gasteiger partial charge in [0.1, 0.15) is 24.5 Å². The first-order chi connectivity index (χ1) is 14.0. The lowest BCUT2D eigenvalue weighted by atomic mass is 10.1. The van der Waals surface area contributed by atoms with Crippen LogP contribution >= 0.6 is 0 Å². The van der Waals surface area contributed by atoms with Crippen molar-refractivity contribution < 1.29 is 41.4 Å². The van der Waals surface area contributed by atoms with Crippen molar-refractivity contribution in [2.75, 3.05) is 7.11 Å². The molecule has 6 nitrogen and oxygen atoms in total. The molecule has 1 aliphatic rings. The van der Waals surface area contributed by atoms with Gasteiger partial charge in [0.25, 0.3) is 0 Å². The molecule has 1 aromatic rings. The van der Waals surface area contributed by atoms with Crippen LogP contribution in [0, 0.1) is 51.9 Å². The number of carbonyl (C=O) groups excluding carboxylic acids is 3. The summed E-state index contributed by atoms with van der Waals surface area (Å²) >= 11 is 0. The van der Waals surface area contributed by atoms with E-state index in [1.165, 1.54) is 6.08 Å². The molecule has 0 N–H and O–H groups in total. The molecule has 1 fully saturated rings. The van der Waals surface area contributed by atoms with E-state index in [0.717, 1.165) is 7.11 Å². The van der Waals surface area contributed by atoms with Crippen LogP contribution in [0.2, 0.25) is 0 Å². The van der Waals surface area contributed by atoms with Crippen LogP contribution in [0.3, 0.4) is 0 Å². The molecule has 0 spiro atoms. The van der Waals surface area contributed by atoms with Gasteiger partial charge in [0.2, 0.25) is 0 Å². The first kappa shape index (κ1) is 23.1. The highest BCUT2D eigenvalue weighted by molar-refractivity contribution is 5.93. The lowest BCUT2D eigenvalue weighted by Gasteiger charge is -2.11. The van der Waals surface area contributed by atoms with Crippen LogP contribution in [0.15, 0.2) is 11.6 Å². The number of nitrogens with zero attached hydrogens (tertiary/aromatic N) is 1. The van der Waals surface area contributed by atoms with Crippen molar-refractivity contribution >= 4 is 18.2 Å². The normalized spacial score (nSPS) is 19.6. The molecule has 0 radical (unpaired) electrons. The number of hydrogen-bond acceptors (Lipinski definition) is 6. The van der Waals surface area contributed by atoms with Gasteiger partial charge >= 0.3 is 11.9 Å². The van der Waals surface area contributed by atoms with Crippen molar-refractivity contribution in [1.29, 1.82) is 5.26 Å². The minimum Gasteiger partial charge on any atom is -0.465 e. The van der Waals surface area contributed by atoms with Gasteiger partial charge in [-0.05, 0) is 11.3 Å². The number of esters is 2. The molecule has 2 rings (SSSR count). The van der Waals surface area contributed by atoms with Gasteiger partial charge in [0.05, 0.1) is 18.6 Å². The van der Waals surface area contributed by atoms with E-state index in [4.69, 9.17) is 10.00 Å². The van der Waals surface area contributed by atoms with E-state index in [1.807, 2.05) is 0 Å². The number of carbonyl (C=O) groups is 3. The summed E-state index contributed by atoms with van der Waals surface area (Å²) in [6.45, 7) is 2.19. The van der Waals surface area contributed by atoms with Gasteiger partial charge in [-0.25, -0.2) is 22.4 Å².